The zero-order valence-corrected chi connectivity index (χ0v) is 20.0. The number of hydrogen-bond acceptors (Lipinski definition) is 5. The zero-order valence-electron chi connectivity index (χ0n) is 18.4. The third-order valence-electron chi connectivity index (χ3n) is 5.26. The van der Waals surface area contributed by atoms with E-state index in [0.717, 1.165) is 17.1 Å². The van der Waals surface area contributed by atoms with Crippen LogP contribution in [0.5, 0.6) is 0 Å². The number of nitrogens with one attached hydrogen (secondary N) is 1. The summed E-state index contributed by atoms with van der Waals surface area (Å²) in [5.41, 5.74) is 2.94. The van der Waals surface area contributed by atoms with Gasteiger partial charge in [-0.2, -0.15) is 5.10 Å². The molecule has 2 heterocycles. The number of carbonyl (C=O) groups is 1. The Hall–Kier alpha value is -3.10. The van der Waals surface area contributed by atoms with Gasteiger partial charge in [-0.25, -0.2) is 4.98 Å². The highest BCUT2D eigenvalue weighted by molar-refractivity contribution is 7.99. The highest BCUT2D eigenvalue weighted by atomic mass is 35.5. The molecule has 2 aromatic heterocycles. The van der Waals surface area contributed by atoms with Crippen LogP contribution < -0.4 is 10.9 Å². The average Bonchev–Trinajstić information content (AvgIpc) is 3.06. The third-order valence-corrected chi connectivity index (χ3v) is 6.78. The maximum absolute atomic E-state index is 13.2. The van der Waals surface area contributed by atoms with Crippen LogP contribution in [0.25, 0.3) is 10.9 Å². The lowest BCUT2D eigenvalue weighted by atomic mass is 10.2. The van der Waals surface area contributed by atoms with Crippen LogP contribution in [-0.4, -0.2) is 31.0 Å². The summed E-state index contributed by atoms with van der Waals surface area (Å²) in [4.78, 5) is 30.3. The van der Waals surface area contributed by atoms with Crippen molar-refractivity contribution in [2.75, 3.05) is 11.1 Å². The summed E-state index contributed by atoms with van der Waals surface area (Å²) < 4.78 is 3.51. The lowest BCUT2D eigenvalue weighted by Gasteiger charge is -2.13. The van der Waals surface area contributed by atoms with E-state index in [9.17, 15) is 9.59 Å². The highest BCUT2D eigenvalue weighted by Crippen LogP contribution is 2.21. The normalized spacial score (nSPS) is 11.1. The van der Waals surface area contributed by atoms with Gasteiger partial charge in [-0.3, -0.25) is 18.8 Å². The maximum atomic E-state index is 13.2. The van der Waals surface area contributed by atoms with E-state index in [1.54, 1.807) is 10.6 Å². The topological polar surface area (TPSA) is 81.8 Å². The number of amides is 1. The molecule has 0 bridgehead atoms. The molecule has 0 saturated heterocycles. The van der Waals surface area contributed by atoms with Crippen LogP contribution in [0.4, 0.5) is 5.69 Å². The summed E-state index contributed by atoms with van der Waals surface area (Å²) in [5.74, 6) is -0.00957. The summed E-state index contributed by atoms with van der Waals surface area (Å²) in [6.45, 7) is 4.88. The zero-order chi connectivity index (χ0) is 23.4. The molecule has 4 aromatic rings. The number of fused-ring (bicyclic) bond motifs is 1. The summed E-state index contributed by atoms with van der Waals surface area (Å²) in [7, 11) is 0. The molecule has 0 spiro atoms. The Morgan fingerprint density at radius 2 is 1.79 bits per heavy atom. The Morgan fingerprint density at radius 1 is 1.06 bits per heavy atom. The first kappa shape index (κ1) is 23.1. The molecule has 0 aliphatic carbocycles. The molecule has 9 heteroatoms. The quantitative estimate of drug-likeness (QED) is 0.292. The highest BCUT2D eigenvalue weighted by Gasteiger charge is 2.14. The molecular weight excluding hydrogens is 458 g/mol. The van der Waals surface area contributed by atoms with Crippen LogP contribution in [0.1, 0.15) is 17.8 Å². The predicted molar refractivity (Wildman–Crippen MR) is 133 cm³/mol. The van der Waals surface area contributed by atoms with Crippen molar-refractivity contribution in [2.45, 2.75) is 38.5 Å². The molecule has 4 rings (SSSR count). The van der Waals surface area contributed by atoms with Gasteiger partial charge in [0.2, 0.25) is 5.91 Å². The Morgan fingerprint density at radius 3 is 2.52 bits per heavy atom. The molecule has 7 nitrogen and oxygen atoms in total. The molecule has 0 aliphatic rings. The molecule has 33 heavy (non-hydrogen) atoms. The van der Waals surface area contributed by atoms with E-state index in [-0.39, 0.29) is 17.2 Å². The first-order chi connectivity index (χ1) is 15.9. The minimum atomic E-state index is -0.155. The number of halogens is 1. The van der Waals surface area contributed by atoms with Gasteiger partial charge in [0.1, 0.15) is 0 Å². The van der Waals surface area contributed by atoms with Gasteiger partial charge < -0.3 is 5.32 Å². The van der Waals surface area contributed by atoms with Crippen molar-refractivity contribution in [1.29, 1.82) is 0 Å². The summed E-state index contributed by atoms with van der Waals surface area (Å²) in [5, 5.41) is 9.07. The number of aryl methyl sites for hydroxylation is 2. The Bertz CT molecular complexity index is 1350. The van der Waals surface area contributed by atoms with Crippen molar-refractivity contribution < 1.29 is 4.79 Å². The van der Waals surface area contributed by atoms with Gasteiger partial charge in [-0.1, -0.05) is 53.7 Å². The van der Waals surface area contributed by atoms with Crippen LogP contribution in [0.2, 0.25) is 5.02 Å². The third kappa shape index (κ3) is 5.29. The van der Waals surface area contributed by atoms with E-state index in [2.05, 4.69) is 15.4 Å². The summed E-state index contributed by atoms with van der Waals surface area (Å²) in [6.07, 6.45) is 0.669. The number of aromatic nitrogens is 4. The number of benzene rings is 2. The van der Waals surface area contributed by atoms with Crippen LogP contribution in [-0.2, 0) is 17.9 Å². The number of rotatable bonds is 8. The van der Waals surface area contributed by atoms with Gasteiger partial charge in [-0.15, -0.1) is 0 Å². The molecule has 0 aliphatic heterocycles. The fourth-order valence-electron chi connectivity index (χ4n) is 3.58. The molecule has 170 valence electrons. The molecule has 0 fully saturated rings. The van der Waals surface area contributed by atoms with Gasteiger partial charge in [0, 0.05) is 18.8 Å². The van der Waals surface area contributed by atoms with Crippen LogP contribution in [0.3, 0.4) is 0 Å². The van der Waals surface area contributed by atoms with E-state index in [0.29, 0.717) is 40.6 Å². The van der Waals surface area contributed by atoms with Crippen molar-refractivity contribution in [1.82, 2.24) is 19.3 Å². The minimum Gasteiger partial charge on any atom is -0.325 e. The van der Waals surface area contributed by atoms with E-state index < -0.39 is 0 Å². The number of hydrogen-bond donors (Lipinski definition) is 1. The van der Waals surface area contributed by atoms with Crippen LogP contribution in [0.15, 0.2) is 64.5 Å². The number of nitrogens with zero attached hydrogens (tertiary/aromatic N) is 4. The second-order valence-electron chi connectivity index (χ2n) is 7.63. The van der Waals surface area contributed by atoms with Crippen LogP contribution >= 0.6 is 23.4 Å². The molecule has 0 saturated carbocycles. The van der Waals surface area contributed by atoms with Crippen molar-refractivity contribution in [3.63, 3.8) is 0 Å². The first-order valence-corrected chi connectivity index (χ1v) is 12.0. The molecule has 0 unspecified atom stereocenters. The largest absolute Gasteiger partial charge is 0.325 e. The van der Waals surface area contributed by atoms with Gasteiger partial charge in [0.05, 0.1) is 33.1 Å². The molecule has 1 N–H and O–H groups in total. The molecule has 0 atom stereocenters. The van der Waals surface area contributed by atoms with Gasteiger partial charge >= 0.3 is 0 Å². The van der Waals surface area contributed by atoms with Crippen molar-refractivity contribution in [2.24, 2.45) is 0 Å². The van der Waals surface area contributed by atoms with E-state index in [1.165, 1.54) is 11.8 Å². The van der Waals surface area contributed by atoms with Gasteiger partial charge in [0.15, 0.2) is 5.16 Å². The second kappa shape index (κ2) is 10.2. The van der Waals surface area contributed by atoms with E-state index in [4.69, 9.17) is 11.6 Å². The monoisotopic (exact) mass is 481 g/mol. The predicted octanol–water partition coefficient (Wildman–Crippen LogP) is 4.68. The fourth-order valence-corrected chi connectivity index (χ4v) is 4.54. The lowest BCUT2D eigenvalue weighted by Crippen LogP contribution is -2.25. The molecular formula is C24H24ClN5O2S. The number of carbonyl (C=O) groups excluding carboxylic acids is 1. The average molecular weight is 482 g/mol. The van der Waals surface area contributed by atoms with Gasteiger partial charge in [0.25, 0.3) is 5.56 Å². The van der Waals surface area contributed by atoms with E-state index >= 15 is 0 Å². The first-order valence-electron chi connectivity index (χ1n) is 10.6. The summed E-state index contributed by atoms with van der Waals surface area (Å²) in [6, 6.07) is 16.5. The minimum absolute atomic E-state index is 0.113. The Balaban J connectivity index is 1.53. The lowest BCUT2D eigenvalue weighted by molar-refractivity contribution is -0.113. The maximum Gasteiger partial charge on any atom is 0.262 e. The van der Waals surface area contributed by atoms with Crippen molar-refractivity contribution >= 4 is 45.9 Å². The Kier molecular flexibility index (Phi) is 7.15. The number of thioether (sulfide) groups is 1. The number of anilines is 1. The van der Waals surface area contributed by atoms with Crippen molar-refractivity contribution in [3.8, 4) is 0 Å². The molecule has 1 amide bonds. The molecule has 0 radical (unpaired) electrons. The summed E-state index contributed by atoms with van der Waals surface area (Å²) >= 11 is 7.50. The van der Waals surface area contributed by atoms with E-state index in [1.807, 2.05) is 67.1 Å². The van der Waals surface area contributed by atoms with Gasteiger partial charge in [-0.05, 0) is 44.5 Å². The SMILES string of the molecule is Cc1nn(CCCn2c(SCC(=O)Nc3ccccc3)nc3ccccc3c2=O)c(C)c1Cl. The Labute approximate surface area is 200 Å². The van der Waals surface area contributed by atoms with Crippen molar-refractivity contribution in [3.05, 3.63) is 81.4 Å². The smallest absolute Gasteiger partial charge is 0.262 e. The standard InChI is InChI=1S/C24H24ClN5O2S/c1-16-22(25)17(2)30(28-16)14-8-13-29-23(32)19-11-6-7-12-20(19)27-24(29)33-15-21(31)26-18-9-4-3-5-10-18/h3-7,9-12H,8,13-15H2,1-2H3,(H,26,31). The second-order valence-corrected chi connectivity index (χ2v) is 8.95. The van der Waals surface area contributed by atoms with Crippen LogP contribution in [0, 0.1) is 13.8 Å². The molecule has 2 aromatic carbocycles. The number of para-hydroxylation sites is 2. The fraction of sp³-hybridized carbons (Fsp3) is 0.250.